The molecule has 19 heavy (non-hydrogen) atoms. The van der Waals surface area contributed by atoms with Crippen LogP contribution in [0.25, 0.3) is 0 Å². The van der Waals surface area contributed by atoms with E-state index in [9.17, 15) is 4.79 Å². The molecule has 0 bridgehead atoms. The van der Waals surface area contributed by atoms with E-state index in [1.807, 2.05) is 6.07 Å². The molecule has 0 saturated carbocycles. The molecule has 0 aliphatic carbocycles. The summed E-state index contributed by atoms with van der Waals surface area (Å²) in [6.07, 6.45) is 2.58. The van der Waals surface area contributed by atoms with E-state index in [0.717, 1.165) is 17.4 Å². The molecule has 0 aliphatic rings. The fraction of sp³-hybridized carbons (Fsp3) is 0.286. The minimum absolute atomic E-state index is 0.0738. The molecule has 2 rings (SSSR count). The number of carbonyl (C=O) groups is 1. The number of aryl methyl sites for hydroxylation is 1. The SMILES string of the molecule is CCCn1nccc1C(=O)c1ccc(Br)cc1OC. The average molecular weight is 323 g/mol. The molecular weight excluding hydrogens is 308 g/mol. The van der Waals surface area contributed by atoms with Gasteiger partial charge in [-0.05, 0) is 30.7 Å². The lowest BCUT2D eigenvalue weighted by Gasteiger charge is -2.09. The van der Waals surface area contributed by atoms with Crippen LogP contribution in [0.5, 0.6) is 5.75 Å². The molecule has 0 saturated heterocycles. The summed E-state index contributed by atoms with van der Waals surface area (Å²) in [6, 6.07) is 7.11. The Hall–Kier alpha value is -1.62. The molecule has 0 atom stereocenters. The Morgan fingerprint density at radius 1 is 1.42 bits per heavy atom. The third kappa shape index (κ3) is 2.87. The molecule has 1 heterocycles. The van der Waals surface area contributed by atoms with Crippen LogP contribution >= 0.6 is 15.9 Å². The molecule has 0 radical (unpaired) electrons. The van der Waals surface area contributed by atoms with E-state index >= 15 is 0 Å². The Balaban J connectivity index is 2.41. The number of nitrogens with zero attached hydrogens (tertiary/aromatic N) is 2. The molecule has 0 N–H and O–H groups in total. The molecule has 0 amide bonds. The first-order valence-corrected chi connectivity index (χ1v) is 6.86. The Bertz CT molecular complexity index is 593. The van der Waals surface area contributed by atoms with Crippen molar-refractivity contribution >= 4 is 21.7 Å². The Labute approximate surface area is 120 Å². The van der Waals surface area contributed by atoms with Crippen molar-refractivity contribution in [2.24, 2.45) is 0 Å². The smallest absolute Gasteiger partial charge is 0.214 e. The van der Waals surface area contributed by atoms with Crippen molar-refractivity contribution in [3.8, 4) is 5.75 Å². The van der Waals surface area contributed by atoms with Gasteiger partial charge >= 0.3 is 0 Å². The topological polar surface area (TPSA) is 44.1 Å². The van der Waals surface area contributed by atoms with Crippen molar-refractivity contribution in [1.29, 1.82) is 0 Å². The van der Waals surface area contributed by atoms with E-state index in [1.54, 1.807) is 36.2 Å². The van der Waals surface area contributed by atoms with Crippen molar-refractivity contribution in [1.82, 2.24) is 9.78 Å². The highest BCUT2D eigenvalue weighted by molar-refractivity contribution is 9.10. The molecule has 100 valence electrons. The highest BCUT2D eigenvalue weighted by Crippen LogP contribution is 2.25. The molecular formula is C14H15BrN2O2. The molecule has 2 aromatic rings. The minimum Gasteiger partial charge on any atom is -0.496 e. The first kappa shape index (κ1) is 13.8. The second kappa shape index (κ2) is 6.02. The highest BCUT2D eigenvalue weighted by Gasteiger charge is 2.18. The summed E-state index contributed by atoms with van der Waals surface area (Å²) < 4.78 is 7.87. The van der Waals surface area contributed by atoms with E-state index < -0.39 is 0 Å². The maximum absolute atomic E-state index is 12.5. The van der Waals surface area contributed by atoms with Gasteiger partial charge in [-0.3, -0.25) is 9.48 Å². The second-order valence-corrected chi connectivity index (χ2v) is 5.03. The number of benzene rings is 1. The van der Waals surface area contributed by atoms with Gasteiger partial charge in [-0.2, -0.15) is 5.10 Å². The predicted octanol–water partition coefficient (Wildman–Crippen LogP) is 3.30. The summed E-state index contributed by atoms with van der Waals surface area (Å²) in [6.45, 7) is 2.78. The molecule has 0 aliphatic heterocycles. The van der Waals surface area contributed by atoms with Crippen molar-refractivity contribution in [3.63, 3.8) is 0 Å². The molecule has 5 heteroatoms. The molecule has 1 aromatic carbocycles. The fourth-order valence-electron chi connectivity index (χ4n) is 1.91. The Morgan fingerprint density at radius 2 is 2.21 bits per heavy atom. The number of aromatic nitrogens is 2. The van der Waals surface area contributed by atoms with Crippen LogP contribution < -0.4 is 4.74 Å². The van der Waals surface area contributed by atoms with Crippen molar-refractivity contribution in [2.45, 2.75) is 19.9 Å². The number of halogens is 1. The van der Waals surface area contributed by atoms with Crippen LogP contribution in [0.1, 0.15) is 29.4 Å². The van der Waals surface area contributed by atoms with E-state index in [-0.39, 0.29) is 5.78 Å². The number of carbonyl (C=O) groups excluding carboxylic acids is 1. The van der Waals surface area contributed by atoms with Gasteiger partial charge in [0.2, 0.25) is 5.78 Å². The standard InChI is InChI=1S/C14H15BrN2O2/c1-3-8-17-12(6-7-16-17)14(18)11-5-4-10(15)9-13(11)19-2/h4-7,9H,3,8H2,1-2H3. The molecule has 4 nitrogen and oxygen atoms in total. The summed E-state index contributed by atoms with van der Waals surface area (Å²) >= 11 is 3.37. The number of methoxy groups -OCH3 is 1. The number of ether oxygens (including phenoxy) is 1. The monoisotopic (exact) mass is 322 g/mol. The van der Waals surface area contributed by atoms with Gasteiger partial charge in [-0.25, -0.2) is 0 Å². The number of ketones is 1. The van der Waals surface area contributed by atoms with Gasteiger partial charge in [0.25, 0.3) is 0 Å². The third-order valence-electron chi connectivity index (χ3n) is 2.79. The van der Waals surface area contributed by atoms with Crippen LogP contribution in [0, 0.1) is 0 Å². The summed E-state index contributed by atoms with van der Waals surface area (Å²) in [5.74, 6) is 0.485. The number of hydrogen-bond acceptors (Lipinski definition) is 3. The van der Waals surface area contributed by atoms with E-state index in [4.69, 9.17) is 4.74 Å². The average Bonchev–Trinajstić information content (AvgIpc) is 2.86. The van der Waals surface area contributed by atoms with Crippen LogP contribution in [-0.2, 0) is 6.54 Å². The summed E-state index contributed by atoms with van der Waals surface area (Å²) in [4.78, 5) is 12.5. The van der Waals surface area contributed by atoms with Crippen molar-refractivity contribution in [3.05, 3.63) is 46.2 Å². The second-order valence-electron chi connectivity index (χ2n) is 4.11. The van der Waals surface area contributed by atoms with Crippen molar-refractivity contribution in [2.75, 3.05) is 7.11 Å². The van der Waals surface area contributed by atoms with E-state index in [2.05, 4.69) is 28.0 Å². The molecule has 0 spiro atoms. The van der Waals surface area contributed by atoms with Crippen LogP contribution in [-0.4, -0.2) is 22.7 Å². The quantitative estimate of drug-likeness (QED) is 0.793. The van der Waals surface area contributed by atoms with Crippen LogP contribution in [0.3, 0.4) is 0 Å². The highest BCUT2D eigenvalue weighted by atomic mass is 79.9. The van der Waals surface area contributed by atoms with Crippen LogP contribution in [0.4, 0.5) is 0 Å². The lowest BCUT2D eigenvalue weighted by atomic mass is 10.1. The number of hydrogen-bond donors (Lipinski definition) is 0. The summed E-state index contributed by atoms with van der Waals surface area (Å²) in [7, 11) is 1.56. The first-order valence-electron chi connectivity index (χ1n) is 6.07. The lowest BCUT2D eigenvalue weighted by molar-refractivity contribution is 0.102. The number of rotatable bonds is 5. The van der Waals surface area contributed by atoms with Gasteiger partial charge < -0.3 is 4.74 Å². The molecule has 0 unspecified atom stereocenters. The van der Waals surface area contributed by atoms with Gasteiger partial charge in [0, 0.05) is 17.2 Å². The predicted molar refractivity (Wildman–Crippen MR) is 76.6 cm³/mol. The van der Waals surface area contributed by atoms with Gasteiger partial charge in [0.05, 0.1) is 12.7 Å². The minimum atomic E-state index is -0.0738. The van der Waals surface area contributed by atoms with E-state index in [1.165, 1.54) is 0 Å². The zero-order valence-electron chi connectivity index (χ0n) is 10.9. The Morgan fingerprint density at radius 3 is 2.89 bits per heavy atom. The van der Waals surface area contributed by atoms with Crippen LogP contribution in [0.15, 0.2) is 34.9 Å². The molecule has 1 aromatic heterocycles. The summed E-state index contributed by atoms with van der Waals surface area (Å²) in [5, 5.41) is 4.17. The normalized spacial score (nSPS) is 10.5. The fourth-order valence-corrected chi connectivity index (χ4v) is 2.25. The first-order chi connectivity index (χ1) is 9.17. The van der Waals surface area contributed by atoms with Crippen LogP contribution in [0.2, 0.25) is 0 Å². The third-order valence-corrected chi connectivity index (χ3v) is 3.29. The summed E-state index contributed by atoms with van der Waals surface area (Å²) in [5.41, 5.74) is 1.13. The van der Waals surface area contributed by atoms with Gasteiger partial charge in [-0.15, -0.1) is 0 Å². The maximum atomic E-state index is 12.5. The lowest BCUT2D eigenvalue weighted by Crippen LogP contribution is -2.12. The maximum Gasteiger partial charge on any atom is 0.214 e. The molecule has 0 fully saturated rings. The van der Waals surface area contributed by atoms with Crippen molar-refractivity contribution < 1.29 is 9.53 Å². The Kier molecular flexibility index (Phi) is 4.37. The zero-order valence-corrected chi connectivity index (χ0v) is 12.5. The zero-order chi connectivity index (χ0) is 13.8. The van der Waals surface area contributed by atoms with Gasteiger partial charge in [0.1, 0.15) is 11.4 Å². The largest absolute Gasteiger partial charge is 0.496 e. The van der Waals surface area contributed by atoms with E-state index in [0.29, 0.717) is 17.0 Å². The van der Waals surface area contributed by atoms with Gasteiger partial charge in [0.15, 0.2) is 0 Å². The van der Waals surface area contributed by atoms with Gasteiger partial charge in [-0.1, -0.05) is 22.9 Å².